The molecule has 1 aliphatic heterocycles. The smallest absolute Gasteiger partial charge is 0.123 e. The fraction of sp³-hybridized carbons (Fsp3) is 0.700. The van der Waals surface area contributed by atoms with Crippen LogP contribution in [-0.4, -0.2) is 27.5 Å². The normalized spacial score (nSPS) is 22.4. The van der Waals surface area contributed by atoms with E-state index in [0.717, 1.165) is 23.6 Å². The number of aromatic nitrogens is 2. The predicted octanol–water partition coefficient (Wildman–Crippen LogP) is 1.87. The maximum Gasteiger partial charge on any atom is 0.123 e. The van der Waals surface area contributed by atoms with E-state index in [4.69, 9.17) is 0 Å². The molecule has 1 saturated carbocycles. The first-order valence-electron chi connectivity index (χ1n) is 5.25. The van der Waals surface area contributed by atoms with Crippen molar-refractivity contribution < 1.29 is 0 Å². The summed E-state index contributed by atoms with van der Waals surface area (Å²) in [6.45, 7) is 4.58. The van der Waals surface area contributed by atoms with E-state index in [1.165, 1.54) is 31.8 Å². The van der Waals surface area contributed by atoms with Gasteiger partial charge in [0.05, 0.1) is 12.7 Å². The topological polar surface area (TPSA) is 21.1 Å². The molecule has 76 valence electrons. The Hall–Kier alpha value is -0.350. The molecule has 1 aromatic rings. The van der Waals surface area contributed by atoms with Crippen molar-refractivity contribution in [2.75, 3.05) is 13.1 Å². The van der Waals surface area contributed by atoms with Crippen LogP contribution in [0.2, 0.25) is 0 Å². The van der Waals surface area contributed by atoms with Crippen molar-refractivity contribution in [2.24, 2.45) is 5.92 Å². The van der Waals surface area contributed by atoms with Gasteiger partial charge in [-0.2, -0.15) is 0 Å². The number of fused-ring (bicyclic) bond motifs is 1. The molecule has 4 heteroatoms. The highest BCUT2D eigenvalue weighted by Crippen LogP contribution is 2.31. The van der Waals surface area contributed by atoms with E-state index in [2.05, 4.69) is 30.4 Å². The molecule has 0 radical (unpaired) electrons. The second-order valence-electron chi connectivity index (χ2n) is 4.33. The Morgan fingerprint density at radius 1 is 1.43 bits per heavy atom. The standard InChI is InChI=1S/C10H14BrN3/c11-9-5-12-10-7-13(3-4-14(9)10)6-8-1-2-8/h5,8H,1-4,6-7H2. The van der Waals surface area contributed by atoms with Crippen molar-refractivity contribution in [2.45, 2.75) is 25.9 Å². The van der Waals surface area contributed by atoms with Crippen LogP contribution in [0, 0.1) is 5.92 Å². The molecule has 0 saturated heterocycles. The molecule has 1 aromatic heterocycles. The lowest BCUT2D eigenvalue weighted by Crippen LogP contribution is -2.35. The summed E-state index contributed by atoms with van der Waals surface area (Å²) in [5.74, 6) is 2.20. The van der Waals surface area contributed by atoms with Gasteiger partial charge in [-0.3, -0.25) is 4.90 Å². The molecule has 3 rings (SSSR count). The maximum absolute atomic E-state index is 4.41. The first-order chi connectivity index (χ1) is 6.83. The third kappa shape index (κ3) is 1.61. The fourth-order valence-corrected chi connectivity index (χ4v) is 2.58. The van der Waals surface area contributed by atoms with Gasteiger partial charge in [0, 0.05) is 19.6 Å². The highest BCUT2D eigenvalue weighted by molar-refractivity contribution is 9.10. The minimum atomic E-state index is 0.986. The van der Waals surface area contributed by atoms with Crippen molar-refractivity contribution in [1.29, 1.82) is 0 Å². The molecular weight excluding hydrogens is 242 g/mol. The number of rotatable bonds is 2. The van der Waals surface area contributed by atoms with Gasteiger partial charge in [-0.1, -0.05) is 0 Å². The van der Waals surface area contributed by atoms with Gasteiger partial charge >= 0.3 is 0 Å². The second-order valence-corrected chi connectivity index (χ2v) is 5.14. The zero-order valence-electron chi connectivity index (χ0n) is 8.12. The molecule has 2 aliphatic rings. The quantitative estimate of drug-likeness (QED) is 0.805. The van der Waals surface area contributed by atoms with Crippen LogP contribution in [-0.2, 0) is 13.1 Å². The SMILES string of the molecule is Brc1cnc2n1CCN(CC1CC1)C2. The maximum atomic E-state index is 4.41. The Morgan fingerprint density at radius 2 is 2.29 bits per heavy atom. The second kappa shape index (κ2) is 3.35. The lowest BCUT2D eigenvalue weighted by Gasteiger charge is -2.27. The minimum Gasteiger partial charge on any atom is -0.320 e. The Balaban J connectivity index is 1.72. The molecule has 3 nitrogen and oxygen atoms in total. The van der Waals surface area contributed by atoms with E-state index in [0.29, 0.717) is 0 Å². The van der Waals surface area contributed by atoms with Crippen LogP contribution in [0.5, 0.6) is 0 Å². The third-order valence-electron chi connectivity index (χ3n) is 3.11. The van der Waals surface area contributed by atoms with Gasteiger partial charge in [-0.15, -0.1) is 0 Å². The van der Waals surface area contributed by atoms with E-state index in [1.807, 2.05) is 6.20 Å². The van der Waals surface area contributed by atoms with Crippen molar-refractivity contribution in [3.63, 3.8) is 0 Å². The fourth-order valence-electron chi connectivity index (χ4n) is 2.09. The van der Waals surface area contributed by atoms with Crippen LogP contribution >= 0.6 is 15.9 Å². The lowest BCUT2D eigenvalue weighted by atomic mass is 10.3. The summed E-state index contributed by atoms with van der Waals surface area (Å²) in [5.41, 5.74) is 0. The van der Waals surface area contributed by atoms with Crippen LogP contribution in [0.15, 0.2) is 10.8 Å². The number of hydrogen-bond donors (Lipinski definition) is 0. The zero-order valence-corrected chi connectivity index (χ0v) is 9.70. The summed E-state index contributed by atoms with van der Waals surface area (Å²) in [7, 11) is 0. The molecule has 0 atom stereocenters. The van der Waals surface area contributed by atoms with Gasteiger partial charge in [0.2, 0.25) is 0 Å². The van der Waals surface area contributed by atoms with Crippen LogP contribution in [0.3, 0.4) is 0 Å². The average molecular weight is 256 g/mol. The highest BCUT2D eigenvalue weighted by atomic mass is 79.9. The summed E-state index contributed by atoms with van der Waals surface area (Å²) in [5, 5.41) is 0. The molecule has 0 unspecified atom stereocenters. The third-order valence-corrected chi connectivity index (χ3v) is 3.74. The van der Waals surface area contributed by atoms with Crippen LogP contribution < -0.4 is 0 Å². The minimum absolute atomic E-state index is 0.986. The summed E-state index contributed by atoms with van der Waals surface area (Å²) in [4.78, 5) is 6.94. The largest absolute Gasteiger partial charge is 0.320 e. The summed E-state index contributed by atoms with van der Waals surface area (Å²) in [6.07, 6.45) is 4.79. The molecule has 0 spiro atoms. The van der Waals surface area contributed by atoms with Crippen molar-refractivity contribution in [1.82, 2.24) is 14.5 Å². The van der Waals surface area contributed by atoms with Crippen molar-refractivity contribution in [3.05, 3.63) is 16.6 Å². The van der Waals surface area contributed by atoms with Crippen molar-refractivity contribution >= 4 is 15.9 Å². The molecule has 14 heavy (non-hydrogen) atoms. The van der Waals surface area contributed by atoms with Crippen LogP contribution in [0.4, 0.5) is 0 Å². The van der Waals surface area contributed by atoms with E-state index < -0.39 is 0 Å². The monoisotopic (exact) mass is 255 g/mol. The van der Waals surface area contributed by atoms with Gasteiger partial charge < -0.3 is 4.57 Å². The molecule has 0 N–H and O–H groups in total. The van der Waals surface area contributed by atoms with Gasteiger partial charge in [-0.25, -0.2) is 4.98 Å². The number of imidazole rings is 1. The molecule has 0 amide bonds. The van der Waals surface area contributed by atoms with E-state index in [-0.39, 0.29) is 0 Å². The molecule has 1 aliphatic carbocycles. The molecule has 0 aromatic carbocycles. The number of nitrogens with zero attached hydrogens (tertiary/aromatic N) is 3. The highest BCUT2D eigenvalue weighted by Gasteiger charge is 2.27. The summed E-state index contributed by atoms with van der Waals surface area (Å²) >= 11 is 3.52. The van der Waals surface area contributed by atoms with E-state index >= 15 is 0 Å². The summed E-state index contributed by atoms with van der Waals surface area (Å²) < 4.78 is 3.39. The van der Waals surface area contributed by atoms with Crippen LogP contribution in [0.1, 0.15) is 18.7 Å². The molecule has 2 heterocycles. The summed E-state index contributed by atoms with van der Waals surface area (Å²) in [6, 6.07) is 0. The van der Waals surface area contributed by atoms with Gasteiger partial charge in [-0.05, 0) is 34.7 Å². The van der Waals surface area contributed by atoms with Gasteiger partial charge in [0.1, 0.15) is 10.4 Å². The number of hydrogen-bond acceptors (Lipinski definition) is 2. The first-order valence-corrected chi connectivity index (χ1v) is 6.04. The van der Waals surface area contributed by atoms with Gasteiger partial charge in [0.25, 0.3) is 0 Å². The Kier molecular flexibility index (Phi) is 2.13. The van der Waals surface area contributed by atoms with Crippen LogP contribution in [0.25, 0.3) is 0 Å². The molecular formula is C10H14BrN3. The van der Waals surface area contributed by atoms with E-state index in [9.17, 15) is 0 Å². The molecule has 0 bridgehead atoms. The lowest BCUT2D eigenvalue weighted by molar-refractivity contribution is 0.207. The van der Waals surface area contributed by atoms with Gasteiger partial charge in [0.15, 0.2) is 0 Å². The van der Waals surface area contributed by atoms with E-state index in [1.54, 1.807) is 0 Å². The Bertz CT molecular complexity index is 343. The zero-order chi connectivity index (χ0) is 9.54. The average Bonchev–Trinajstić information content (AvgIpc) is 2.92. The predicted molar refractivity (Wildman–Crippen MR) is 57.9 cm³/mol. The Morgan fingerprint density at radius 3 is 3.07 bits per heavy atom. The Labute approximate surface area is 92.2 Å². The van der Waals surface area contributed by atoms with Crippen molar-refractivity contribution in [3.8, 4) is 0 Å². The first kappa shape index (κ1) is 8.92. The molecule has 1 fully saturated rings. The number of halogens is 1.